The Labute approximate surface area is 136 Å². The molecule has 0 fully saturated rings. The zero-order valence-electron chi connectivity index (χ0n) is 13.3. The Morgan fingerprint density at radius 1 is 1.22 bits per heavy atom. The minimum absolute atomic E-state index is 0.0461. The number of nitrogens with zero attached hydrogens (tertiary/aromatic N) is 3. The van der Waals surface area contributed by atoms with Crippen LogP contribution in [0.2, 0.25) is 0 Å². The Morgan fingerprint density at radius 3 is 2.70 bits per heavy atom. The summed E-state index contributed by atoms with van der Waals surface area (Å²) in [6, 6.07) is 8.37. The highest BCUT2D eigenvalue weighted by Crippen LogP contribution is 2.34. The molecule has 1 aromatic carbocycles. The Bertz CT molecular complexity index is 763. The van der Waals surface area contributed by atoms with Crippen LogP contribution in [0, 0.1) is 6.92 Å². The van der Waals surface area contributed by atoms with Crippen molar-refractivity contribution in [1.29, 1.82) is 0 Å². The molecule has 4 heteroatoms. The minimum atomic E-state index is 0.0461. The van der Waals surface area contributed by atoms with Crippen LogP contribution in [0.5, 0.6) is 5.88 Å². The first-order chi connectivity index (χ1) is 11.2. The van der Waals surface area contributed by atoms with Crippen molar-refractivity contribution in [3.63, 3.8) is 0 Å². The van der Waals surface area contributed by atoms with Crippen LogP contribution in [0.25, 0.3) is 6.08 Å². The fourth-order valence-corrected chi connectivity index (χ4v) is 2.56. The van der Waals surface area contributed by atoms with Crippen LogP contribution < -0.4 is 9.64 Å². The molecule has 2 aromatic rings. The number of rotatable bonds is 4. The number of hydrogen-bond acceptors (Lipinski definition) is 4. The van der Waals surface area contributed by atoms with Gasteiger partial charge in [0.1, 0.15) is 0 Å². The zero-order valence-corrected chi connectivity index (χ0v) is 13.3. The van der Waals surface area contributed by atoms with Gasteiger partial charge in [-0.05, 0) is 24.1 Å². The molecule has 0 bridgehead atoms. The highest BCUT2D eigenvalue weighted by atomic mass is 16.5. The van der Waals surface area contributed by atoms with Gasteiger partial charge in [-0.1, -0.05) is 49.1 Å². The van der Waals surface area contributed by atoms with E-state index in [0.29, 0.717) is 11.7 Å². The average Bonchev–Trinajstić information content (AvgIpc) is 2.62. The van der Waals surface area contributed by atoms with E-state index in [-0.39, 0.29) is 6.04 Å². The molecule has 1 unspecified atom stereocenters. The first kappa shape index (κ1) is 15.0. The lowest BCUT2D eigenvalue weighted by Crippen LogP contribution is -2.25. The third-order valence-electron chi connectivity index (χ3n) is 3.75. The lowest BCUT2D eigenvalue weighted by molar-refractivity contribution is 0.394. The lowest BCUT2D eigenvalue weighted by Gasteiger charge is -2.30. The first-order valence-corrected chi connectivity index (χ1v) is 7.46. The van der Waals surface area contributed by atoms with Gasteiger partial charge in [0.2, 0.25) is 0 Å². The summed E-state index contributed by atoms with van der Waals surface area (Å²) in [6.45, 7) is 5.70. The smallest absolute Gasteiger partial charge is 0.257 e. The second kappa shape index (κ2) is 6.48. The maximum absolute atomic E-state index is 5.41. The Morgan fingerprint density at radius 2 is 2.00 bits per heavy atom. The van der Waals surface area contributed by atoms with Crippen molar-refractivity contribution in [3.8, 4) is 5.88 Å². The second-order valence-electron chi connectivity index (χ2n) is 5.29. The molecular weight excluding hydrogens is 286 g/mol. The van der Waals surface area contributed by atoms with E-state index in [2.05, 4.69) is 51.8 Å². The largest absolute Gasteiger partial charge is 0.478 e. The number of ether oxygens (including phenoxy) is 1. The molecule has 1 aliphatic rings. The van der Waals surface area contributed by atoms with Crippen LogP contribution in [0.3, 0.4) is 0 Å². The molecule has 4 nitrogen and oxygen atoms in total. The quantitative estimate of drug-likeness (QED) is 0.853. The molecule has 0 saturated heterocycles. The SMILES string of the molecule is C=Cc1ccc(C2C=CC=CN2c2ncc(C)nc2OC)cc1. The molecule has 0 aliphatic carbocycles. The van der Waals surface area contributed by atoms with Crippen LogP contribution >= 0.6 is 0 Å². The van der Waals surface area contributed by atoms with Crippen LogP contribution in [0.4, 0.5) is 5.82 Å². The summed E-state index contributed by atoms with van der Waals surface area (Å²) in [5.74, 6) is 1.23. The van der Waals surface area contributed by atoms with Gasteiger partial charge < -0.3 is 9.64 Å². The maximum atomic E-state index is 5.41. The highest BCUT2D eigenvalue weighted by molar-refractivity contribution is 5.57. The van der Waals surface area contributed by atoms with Crippen LogP contribution in [-0.4, -0.2) is 17.1 Å². The average molecular weight is 305 g/mol. The van der Waals surface area contributed by atoms with Gasteiger partial charge in [0.25, 0.3) is 5.88 Å². The summed E-state index contributed by atoms with van der Waals surface area (Å²) in [6.07, 6.45) is 11.7. The zero-order chi connectivity index (χ0) is 16.2. The topological polar surface area (TPSA) is 38.2 Å². The van der Waals surface area contributed by atoms with Crippen molar-refractivity contribution in [2.75, 3.05) is 12.0 Å². The first-order valence-electron chi connectivity index (χ1n) is 7.46. The molecule has 0 spiro atoms. The number of hydrogen-bond donors (Lipinski definition) is 0. The van der Waals surface area contributed by atoms with Crippen molar-refractivity contribution in [2.24, 2.45) is 0 Å². The predicted octanol–water partition coefficient (Wildman–Crippen LogP) is 4.07. The molecule has 0 amide bonds. The van der Waals surface area contributed by atoms with E-state index in [9.17, 15) is 0 Å². The minimum Gasteiger partial charge on any atom is -0.478 e. The molecule has 116 valence electrons. The lowest BCUT2D eigenvalue weighted by atomic mass is 10.0. The summed E-state index contributed by atoms with van der Waals surface area (Å²) in [5, 5.41) is 0. The summed E-state index contributed by atoms with van der Waals surface area (Å²) < 4.78 is 5.41. The number of allylic oxidation sites excluding steroid dienone is 2. The summed E-state index contributed by atoms with van der Waals surface area (Å²) in [5.41, 5.74) is 3.10. The number of aromatic nitrogens is 2. The van der Waals surface area contributed by atoms with E-state index in [0.717, 1.165) is 11.3 Å². The Hall–Kier alpha value is -2.88. The summed E-state index contributed by atoms with van der Waals surface area (Å²) in [4.78, 5) is 11.0. The fourth-order valence-electron chi connectivity index (χ4n) is 2.56. The van der Waals surface area contributed by atoms with Gasteiger partial charge in [-0.15, -0.1) is 0 Å². The van der Waals surface area contributed by atoms with E-state index in [4.69, 9.17) is 4.74 Å². The molecule has 1 atom stereocenters. The Balaban J connectivity index is 2.01. The molecule has 1 aliphatic heterocycles. The molecule has 0 saturated carbocycles. The third-order valence-corrected chi connectivity index (χ3v) is 3.75. The van der Waals surface area contributed by atoms with Crippen molar-refractivity contribution < 1.29 is 4.74 Å². The Kier molecular flexibility index (Phi) is 4.24. The molecule has 2 heterocycles. The number of benzene rings is 1. The number of anilines is 1. The number of methoxy groups -OCH3 is 1. The van der Waals surface area contributed by atoms with E-state index in [1.165, 1.54) is 5.56 Å². The molecule has 1 aromatic heterocycles. The monoisotopic (exact) mass is 305 g/mol. The second-order valence-corrected chi connectivity index (χ2v) is 5.29. The molecule has 0 radical (unpaired) electrons. The van der Waals surface area contributed by atoms with E-state index >= 15 is 0 Å². The van der Waals surface area contributed by atoms with E-state index < -0.39 is 0 Å². The van der Waals surface area contributed by atoms with Gasteiger partial charge in [-0.3, -0.25) is 0 Å². The normalized spacial score (nSPS) is 16.4. The van der Waals surface area contributed by atoms with Gasteiger partial charge in [-0.2, -0.15) is 0 Å². The third kappa shape index (κ3) is 3.01. The van der Waals surface area contributed by atoms with Crippen molar-refractivity contribution in [2.45, 2.75) is 13.0 Å². The van der Waals surface area contributed by atoms with Crippen molar-refractivity contribution in [3.05, 3.63) is 78.3 Å². The molecule has 3 rings (SSSR count). The van der Waals surface area contributed by atoms with Crippen molar-refractivity contribution >= 4 is 11.9 Å². The van der Waals surface area contributed by atoms with E-state index in [1.807, 2.05) is 31.4 Å². The van der Waals surface area contributed by atoms with Gasteiger partial charge in [-0.25, -0.2) is 9.97 Å². The van der Waals surface area contributed by atoms with Gasteiger partial charge in [0.15, 0.2) is 5.82 Å². The number of aryl methyl sites for hydroxylation is 1. The van der Waals surface area contributed by atoms with Crippen LogP contribution in [-0.2, 0) is 0 Å². The summed E-state index contributed by atoms with van der Waals surface area (Å²) >= 11 is 0. The van der Waals surface area contributed by atoms with Crippen LogP contribution in [0.1, 0.15) is 22.9 Å². The van der Waals surface area contributed by atoms with Gasteiger partial charge >= 0.3 is 0 Å². The van der Waals surface area contributed by atoms with Crippen molar-refractivity contribution in [1.82, 2.24) is 9.97 Å². The van der Waals surface area contributed by atoms with Gasteiger partial charge in [0.05, 0.1) is 25.0 Å². The highest BCUT2D eigenvalue weighted by Gasteiger charge is 2.23. The standard InChI is InChI=1S/C19H19N3O/c1-4-15-8-10-16(11-9-15)17-7-5-6-12-22(17)18-19(23-3)21-14(2)13-20-18/h4-13,17H,1H2,2-3H3. The van der Waals surface area contributed by atoms with Gasteiger partial charge in [0, 0.05) is 6.20 Å². The molecular formula is C19H19N3O. The maximum Gasteiger partial charge on any atom is 0.257 e. The predicted molar refractivity (Wildman–Crippen MR) is 93.4 cm³/mol. The van der Waals surface area contributed by atoms with E-state index in [1.54, 1.807) is 13.3 Å². The molecule has 0 N–H and O–H groups in total. The van der Waals surface area contributed by atoms with Crippen LogP contribution in [0.15, 0.2) is 61.5 Å². The molecule has 23 heavy (non-hydrogen) atoms. The fraction of sp³-hybridized carbons (Fsp3) is 0.158. The summed E-state index contributed by atoms with van der Waals surface area (Å²) in [7, 11) is 1.62.